The van der Waals surface area contributed by atoms with Crippen LogP contribution in [0.2, 0.25) is 0 Å². The molecule has 0 aliphatic rings. The van der Waals surface area contributed by atoms with E-state index in [4.69, 9.17) is 4.74 Å². The van der Waals surface area contributed by atoms with Gasteiger partial charge in [0.1, 0.15) is 10.6 Å². The van der Waals surface area contributed by atoms with Crippen molar-refractivity contribution in [3.8, 4) is 5.75 Å². The van der Waals surface area contributed by atoms with Crippen LogP contribution in [-0.4, -0.2) is 31.4 Å². The number of rotatable bonds is 5. The Morgan fingerprint density at radius 2 is 2.05 bits per heavy atom. The zero-order valence-corrected chi connectivity index (χ0v) is 12.7. The van der Waals surface area contributed by atoms with E-state index in [0.717, 1.165) is 28.7 Å². The highest BCUT2D eigenvalue weighted by Crippen LogP contribution is 2.15. The van der Waals surface area contributed by atoms with Crippen LogP contribution < -0.4 is 15.7 Å². The number of hydrogen-bond acceptors (Lipinski definition) is 8. The van der Waals surface area contributed by atoms with E-state index in [1.807, 2.05) is 12.1 Å². The highest BCUT2D eigenvalue weighted by atomic mass is 32.1. The van der Waals surface area contributed by atoms with Crippen molar-refractivity contribution >= 4 is 28.7 Å². The van der Waals surface area contributed by atoms with E-state index in [1.54, 1.807) is 25.5 Å². The predicted molar refractivity (Wildman–Crippen MR) is 83.9 cm³/mol. The summed E-state index contributed by atoms with van der Waals surface area (Å²) in [5.74, 6) is 0.155. The van der Waals surface area contributed by atoms with Crippen LogP contribution in [0.3, 0.4) is 0 Å². The number of anilines is 1. The van der Waals surface area contributed by atoms with Gasteiger partial charge in [-0.3, -0.25) is 10.2 Å². The summed E-state index contributed by atoms with van der Waals surface area (Å²) in [6, 6.07) is 8.37. The fraction of sp³-hybridized carbons (Fsp3) is 0.143. The average molecular weight is 319 g/mol. The lowest BCUT2D eigenvalue weighted by atomic mass is 10.2. The predicted octanol–water partition coefficient (Wildman–Crippen LogP) is 1.74. The van der Waals surface area contributed by atoms with Crippen molar-refractivity contribution in [1.29, 1.82) is 0 Å². The number of ether oxygens (including phenoxy) is 2. The molecule has 0 spiro atoms. The van der Waals surface area contributed by atoms with Gasteiger partial charge in [0.25, 0.3) is 5.56 Å². The largest absolute Gasteiger partial charge is 0.497 e. The average Bonchev–Trinajstić information content (AvgIpc) is 2.54. The van der Waals surface area contributed by atoms with Gasteiger partial charge in [-0.05, 0) is 29.8 Å². The van der Waals surface area contributed by atoms with Crippen molar-refractivity contribution in [2.45, 2.75) is 0 Å². The molecule has 114 valence electrons. The van der Waals surface area contributed by atoms with Crippen LogP contribution in [0.4, 0.5) is 5.13 Å². The van der Waals surface area contributed by atoms with Crippen molar-refractivity contribution < 1.29 is 14.3 Å². The molecule has 2 rings (SSSR count). The molecule has 0 amide bonds. The van der Waals surface area contributed by atoms with E-state index in [-0.39, 0.29) is 10.0 Å². The lowest BCUT2D eigenvalue weighted by Gasteiger charge is -2.01. The normalized spacial score (nSPS) is 10.5. The molecule has 0 atom stereocenters. The molecule has 8 heteroatoms. The van der Waals surface area contributed by atoms with Gasteiger partial charge in [0.2, 0.25) is 5.13 Å². The Bertz CT molecular complexity index is 740. The van der Waals surface area contributed by atoms with Crippen molar-refractivity contribution in [2.24, 2.45) is 5.10 Å². The number of nitrogens with one attached hydrogen (secondary N) is 1. The maximum absolute atomic E-state index is 11.4. The monoisotopic (exact) mass is 319 g/mol. The van der Waals surface area contributed by atoms with Gasteiger partial charge in [-0.15, -0.1) is 0 Å². The molecule has 0 saturated heterocycles. The van der Waals surface area contributed by atoms with Gasteiger partial charge < -0.3 is 9.47 Å². The van der Waals surface area contributed by atoms with Crippen LogP contribution in [0.5, 0.6) is 5.75 Å². The maximum Gasteiger partial charge on any atom is 0.348 e. The van der Waals surface area contributed by atoms with Crippen molar-refractivity contribution in [3.05, 3.63) is 51.1 Å². The molecule has 0 radical (unpaired) electrons. The van der Waals surface area contributed by atoms with Crippen LogP contribution in [-0.2, 0) is 4.74 Å². The Labute approximate surface area is 130 Å². The van der Waals surface area contributed by atoms with Gasteiger partial charge in [0, 0.05) is 6.07 Å². The first-order chi connectivity index (χ1) is 10.6. The molecule has 0 unspecified atom stereocenters. The van der Waals surface area contributed by atoms with Crippen LogP contribution in [0.1, 0.15) is 15.2 Å². The fourth-order valence-corrected chi connectivity index (χ4v) is 2.27. The van der Waals surface area contributed by atoms with Crippen LogP contribution in [0.25, 0.3) is 0 Å². The molecule has 0 bridgehead atoms. The molecule has 0 saturated carbocycles. The van der Waals surface area contributed by atoms with Crippen molar-refractivity contribution in [3.63, 3.8) is 0 Å². The van der Waals surface area contributed by atoms with E-state index in [2.05, 4.69) is 20.2 Å². The number of methoxy groups -OCH3 is 2. The van der Waals surface area contributed by atoms with Crippen molar-refractivity contribution in [2.75, 3.05) is 19.6 Å². The highest BCUT2D eigenvalue weighted by Gasteiger charge is 2.09. The van der Waals surface area contributed by atoms with Crippen LogP contribution in [0, 0.1) is 0 Å². The standard InChI is InChI=1S/C14H13N3O4S/c1-20-10-5-3-9(4-6-10)8-15-17-14-16-12(18)7-11(22-14)13(19)21-2/h3-8H,1-2H3,(H,16,17,18)/b15-8+. The second kappa shape index (κ2) is 7.32. The second-order valence-corrected chi connectivity index (χ2v) is 5.03. The summed E-state index contributed by atoms with van der Waals surface area (Å²) in [4.78, 5) is 26.7. The molecule has 0 fully saturated rings. The number of benzene rings is 1. The minimum atomic E-state index is -0.591. The minimum absolute atomic E-state index is 0.157. The molecule has 7 nitrogen and oxygen atoms in total. The van der Waals surface area contributed by atoms with Gasteiger partial charge >= 0.3 is 5.97 Å². The summed E-state index contributed by atoms with van der Waals surface area (Å²) >= 11 is 0.980. The SMILES string of the molecule is COC(=O)c1cc(=O)nc(N/N=C/c2ccc(OC)cc2)s1. The molecule has 22 heavy (non-hydrogen) atoms. The summed E-state index contributed by atoms with van der Waals surface area (Å²) in [6.45, 7) is 0. The second-order valence-electron chi connectivity index (χ2n) is 4.00. The van der Waals surface area contributed by atoms with Gasteiger partial charge in [0.05, 0.1) is 20.4 Å². The lowest BCUT2D eigenvalue weighted by Crippen LogP contribution is -2.10. The molecule has 1 aromatic carbocycles. The smallest absolute Gasteiger partial charge is 0.348 e. The summed E-state index contributed by atoms with van der Waals surface area (Å²) in [5, 5.41) is 4.18. The van der Waals surface area contributed by atoms with Crippen molar-refractivity contribution in [1.82, 2.24) is 4.98 Å². The number of aromatic nitrogens is 1. The molecule has 0 aliphatic heterocycles. The van der Waals surface area contributed by atoms with E-state index in [9.17, 15) is 9.59 Å². The Hall–Kier alpha value is -2.74. The third-order valence-electron chi connectivity index (χ3n) is 2.55. The van der Waals surface area contributed by atoms with Crippen LogP contribution in [0.15, 0.2) is 40.2 Å². The summed E-state index contributed by atoms with van der Waals surface area (Å²) in [7, 11) is 2.83. The van der Waals surface area contributed by atoms with Gasteiger partial charge in [-0.25, -0.2) is 4.79 Å². The lowest BCUT2D eigenvalue weighted by molar-refractivity contribution is 0.0606. The molecule has 0 aliphatic carbocycles. The third-order valence-corrected chi connectivity index (χ3v) is 3.43. The summed E-state index contributed by atoms with van der Waals surface area (Å²) in [5.41, 5.74) is 2.92. The van der Waals surface area contributed by atoms with E-state index in [0.29, 0.717) is 0 Å². The minimum Gasteiger partial charge on any atom is -0.497 e. The van der Waals surface area contributed by atoms with E-state index in [1.165, 1.54) is 7.11 Å². The molecular weight excluding hydrogens is 306 g/mol. The zero-order valence-electron chi connectivity index (χ0n) is 11.9. The molecule has 2 aromatic rings. The topological polar surface area (TPSA) is 89.9 Å². The summed E-state index contributed by atoms with van der Waals surface area (Å²) in [6.07, 6.45) is 1.56. The Kier molecular flexibility index (Phi) is 5.21. The third kappa shape index (κ3) is 4.13. The molecular formula is C14H13N3O4S. The zero-order chi connectivity index (χ0) is 15.9. The number of nitrogens with zero attached hydrogens (tertiary/aromatic N) is 2. The fourth-order valence-electron chi connectivity index (χ4n) is 1.50. The first-order valence-corrected chi connectivity index (χ1v) is 6.97. The van der Waals surface area contributed by atoms with Gasteiger partial charge in [-0.2, -0.15) is 10.1 Å². The van der Waals surface area contributed by atoms with Gasteiger partial charge in [-0.1, -0.05) is 11.3 Å². The molecule has 1 heterocycles. The van der Waals surface area contributed by atoms with Crippen LogP contribution >= 0.6 is 11.3 Å². The Morgan fingerprint density at radius 1 is 1.32 bits per heavy atom. The number of hydrazone groups is 1. The number of hydrogen-bond donors (Lipinski definition) is 1. The first-order valence-electron chi connectivity index (χ1n) is 6.16. The molecule has 1 N–H and O–H groups in total. The van der Waals surface area contributed by atoms with E-state index >= 15 is 0 Å². The Morgan fingerprint density at radius 3 is 2.68 bits per heavy atom. The van der Waals surface area contributed by atoms with Gasteiger partial charge in [0.15, 0.2) is 0 Å². The summed E-state index contributed by atoms with van der Waals surface area (Å²) < 4.78 is 9.62. The number of carbonyl (C=O) groups is 1. The molecule has 1 aromatic heterocycles. The Balaban J connectivity index is 2.10. The number of carbonyl (C=O) groups excluding carboxylic acids is 1. The highest BCUT2D eigenvalue weighted by molar-refractivity contribution is 7.17. The maximum atomic E-state index is 11.4. The first kappa shape index (κ1) is 15.6. The van der Waals surface area contributed by atoms with E-state index < -0.39 is 11.5 Å². The number of esters is 1. The quantitative estimate of drug-likeness (QED) is 0.513.